The van der Waals surface area contributed by atoms with E-state index in [9.17, 15) is 5.11 Å². The van der Waals surface area contributed by atoms with Crippen LogP contribution in [0, 0.1) is 0 Å². The van der Waals surface area contributed by atoms with Gasteiger partial charge in [-0.2, -0.15) is 5.10 Å². The Hall–Kier alpha value is -1.65. The fourth-order valence-corrected chi connectivity index (χ4v) is 3.41. The molecule has 2 aromatic rings. The molecule has 4 heteroatoms. The first-order valence-corrected chi connectivity index (χ1v) is 6.84. The lowest BCUT2D eigenvalue weighted by Gasteiger charge is -2.33. The Bertz CT molecular complexity index is 607. The quantitative estimate of drug-likeness (QED) is 0.810. The van der Waals surface area contributed by atoms with Gasteiger partial charge in [0.2, 0.25) is 0 Å². The monoisotopic (exact) mass is 255 g/mol. The lowest BCUT2D eigenvalue weighted by molar-refractivity contribution is 0.0525. The number of aromatic nitrogens is 2. The summed E-state index contributed by atoms with van der Waals surface area (Å²) < 4.78 is 0. The highest BCUT2D eigenvalue weighted by atomic mass is 16.3. The van der Waals surface area contributed by atoms with E-state index >= 15 is 0 Å². The number of benzene rings is 1. The number of hydrogen-bond donors (Lipinski definition) is 2. The van der Waals surface area contributed by atoms with Gasteiger partial charge in [-0.25, -0.2) is 0 Å². The third-order valence-corrected chi connectivity index (χ3v) is 4.47. The third kappa shape index (κ3) is 1.71. The summed E-state index contributed by atoms with van der Waals surface area (Å²) in [6, 6.07) is 8.45. The molecule has 1 aliphatic carbocycles. The summed E-state index contributed by atoms with van der Waals surface area (Å²) in [6.07, 6.45) is 3.50. The highest BCUT2D eigenvalue weighted by Gasteiger charge is 2.36. The van der Waals surface area contributed by atoms with E-state index in [-0.39, 0.29) is 12.1 Å². The lowest BCUT2D eigenvalue weighted by Crippen LogP contribution is -2.41. The van der Waals surface area contributed by atoms with Crippen LogP contribution in [0.2, 0.25) is 0 Å². The van der Waals surface area contributed by atoms with Gasteiger partial charge in [-0.15, -0.1) is 0 Å². The molecule has 0 saturated carbocycles. The van der Waals surface area contributed by atoms with Crippen molar-refractivity contribution in [2.75, 3.05) is 6.54 Å². The van der Waals surface area contributed by atoms with Crippen molar-refractivity contribution in [2.24, 2.45) is 0 Å². The molecule has 0 fully saturated rings. The molecule has 0 radical (unpaired) electrons. The first-order chi connectivity index (χ1) is 9.33. The zero-order valence-electron chi connectivity index (χ0n) is 10.7. The van der Waals surface area contributed by atoms with E-state index in [0.717, 1.165) is 31.5 Å². The minimum atomic E-state index is -0.357. The van der Waals surface area contributed by atoms with E-state index in [0.29, 0.717) is 0 Å². The van der Waals surface area contributed by atoms with Crippen LogP contribution in [0.4, 0.5) is 0 Å². The van der Waals surface area contributed by atoms with Crippen molar-refractivity contribution in [1.29, 1.82) is 0 Å². The maximum absolute atomic E-state index is 10.5. The first kappa shape index (κ1) is 11.2. The minimum absolute atomic E-state index is 0.209. The smallest absolute Gasteiger partial charge is 0.0951 e. The van der Waals surface area contributed by atoms with Gasteiger partial charge in [-0.05, 0) is 17.5 Å². The second kappa shape index (κ2) is 4.18. The van der Waals surface area contributed by atoms with E-state index < -0.39 is 0 Å². The molecule has 1 aromatic heterocycles. The Morgan fingerprint density at radius 3 is 3.05 bits per heavy atom. The number of rotatable bonds is 1. The molecule has 98 valence electrons. The van der Waals surface area contributed by atoms with Crippen molar-refractivity contribution < 1.29 is 5.11 Å². The molecule has 1 aromatic carbocycles. The number of nitrogens with zero attached hydrogens (tertiary/aromatic N) is 2. The van der Waals surface area contributed by atoms with Crippen molar-refractivity contribution in [3.05, 3.63) is 52.8 Å². The number of aliphatic hydroxyl groups excluding tert-OH is 1. The average Bonchev–Trinajstić information content (AvgIpc) is 3.03. The normalized spacial score (nSPS) is 26.2. The third-order valence-electron chi connectivity index (χ3n) is 4.47. The van der Waals surface area contributed by atoms with Gasteiger partial charge in [-0.1, -0.05) is 24.3 Å². The highest BCUT2D eigenvalue weighted by molar-refractivity contribution is 5.36. The zero-order valence-corrected chi connectivity index (χ0v) is 10.7. The van der Waals surface area contributed by atoms with Gasteiger partial charge in [0.05, 0.1) is 12.3 Å². The van der Waals surface area contributed by atoms with Crippen LogP contribution in [0.25, 0.3) is 0 Å². The maximum atomic E-state index is 10.5. The summed E-state index contributed by atoms with van der Waals surface area (Å²) in [6.45, 7) is 1.88. The predicted octanol–water partition coefficient (Wildman–Crippen LogP) is 1.43. The summed E-state index contributed by atoms with van der Waals surface area (Å²) in [5, 5.41) is 17.7. The molecule has 0 spiro atoms. The van der Waals surface area contributed by atoms with Crippen LogP contribution in [0.5, 0.6) is 0 Å². The van der Waals surface area contributed by atoms with E-state index in [1.165, 1.54) is 16.8 Å². The van der Waals surface area contributed by atoms with Crippen LogP contribution in [0.1, 0.15) is 28.5 Å². The topological polar surface area (TPSA) is 52.1 Å². The number of aliphatic hydroxyl groups is 1. The molecule has 2 N–H and O–H groups in total. The molecule has 2 heterocycles. The molecule has 0 bridgehead atoms. The summed E-state index contributed by atoms with van der Waals surface area (Å²) in [5.74, 6) is 0. The number of aromatic amines is 1. The fraction of sp³-hybridized carbons (Fsp3) is 0.400. The maximum Gasteiger partial charge on any atom is 0.0951 e. The summed E-state index contributed by atoms with van der Waals surface area (Å²) in [7, 11) is 0. The van der Waals surface area contributed by atoms with E-state index in [1.54, 1.807) is 0 Å². The van der Waals surface area contributed by atoms with E-state index in [1.807, 2.05) is 18.3 Å². The molecular formula is C15H17N3O. The minimum Gasteiger partial charge on any atom is -0.387 e. The molecule has 4 nitrogen and oxygen atoms in total. The predicted molar refractivity (Wildman–Crippen MR) is 71.6 cm³/mol. The fourth-order valence-electron chi connectivity index (χ4n) is 3.41. The molecule has 1 aliphatic heterocycles. The van der Waals surface area contributed by atoms with Gasteiger partial charge in [0.1, 0.15) is 0 Å². The van der Waals surface area contributed by atoms with Gasteiger partial charge in [-0.3, -0.25) is 10.00 Å². The number of H-pyrrole nitrogens is 1. The van der Waals surface area contributed by atoms with Crippen molar-refractivity contribution in [3.8, 4) is 0 Å². The summed E-state index contributed by atoms with van der Waals surface area (Å²) in [4.78, 5) is 2.39. The van der Waals surface area contributed by atoms with Crippen LogP contribution in [-0.4, -0.2) is 32.8 Å². The van der Waals surface area contributed by atoms with Crippen molar-refractivity contribution >= 4 is 0 Å². The standard InChI is InChI=1S/C15H17N3O/c19-15-12-4-2-1-3-10(12)7-14(15)18-6-5-13-11(9-18)8-16-17-13/h1-4,8,14-15,19H,5-7,9H2,(H,16,17). The second-order valence-electron chi connectivity index (χ2n) is 5.51. The second-order valence-corrected chi connectivity index (χ2v) is 5.51. The van der Waals surface area contributed by atoms with E-state index in [2.05, 4.69) is 27.2 Å². The van der Waals surface area contributed by atoms with Gasteiger partial charge in [0.15, 0.2) is 0 Å². The number of hydrogen-bond acceptors (Lipinski definition) is 3. The Morgan fingerprint density at radius 2 is 2.16 bits per heavy atom. The molecule has 2 atom stereocenters. The number of nitrogens with one attached hydrogen (secondary N) is 1. The SMILES string of the molecule is OC1c2ccccc2CC1N1CCc2[nH]ncc2C1. The molecular weight excluding hydrogens is 238 g/mol. The Balaban J connectivity index is 1.60. The largest absolute Gasteiger partial charge is 0.387 e. The van der Waals surface area contributed by atoms with E-state index in [4.69, 9.17) is 0 Å². The van der Waals surface area contributed by atoms with Crippen LogP contribution >= 0.6 is 0 Å². The van der Waals surface area contributed by atoms with Crippen molar-refractivity contribution in [3.63, 3.8) is 0 Å². The van der Waals surface area contributed by atoms with Crippen molar-refractivity contribution in [1.82, 2.24) is 15.1 Å². The van der Waals surface area contributed by atoms with Crippen LogP contribution in [0.15, 0.2) is 30.5 Å². The first-order valence-electron chi connectivity index (χ1n) is 6.84. The molecule has 0 amide bonds. The molecule has 2 unspecified atom stereocenters. The molecule has 0 saturated heterocycles. The van der Waals surface area contributed by atoms with Crippen LogP contribution in [-0.2, 0) is 19.4 Å². The summed E-state index contributed by atoms with van der Waals surface area (Å²) >= 11 is 0. The highest BCUT2D eigenvalue weighted by Crippen LogP contribution is 2.36. The zero-order chi connectivity index (χ0) is 12.8. The van der Waals surface area contributed by atoms with Crippen molar-refractivity contribution in [2.45, 2.75) is 31.5 Å². The van der Waals surface area contributed by atoms with Crippen LogP contribution in [0.3, 0.4) is 0 Å². The number of fused-ring (bicyclic) bond motifs is 2. The van der Waals surface area contributed by atoms with Gasteiger partial charge in [0, 0.05) is 36.8 Å². The van der Waals surface area contributed by atoms with Crippen LogP contribution < -0.4 is 0 Å². The molecule has 2 aliphatic rings. The van der Waals surface area contributed by atoms with Gasteiger partial charge in [0.25, 0.3) is 0 Å². The lowest BCUT2D eigenvalue weighted by atomic mass is 10.0. The Labute approximate surface area is 112 Å². The van der Waals surface area contributed by atoms with Gasteiger partial charge >= 0.3 is 0 Å². The van der Waals surface area contributed by atoms with Gasteiger partial charge < -0.3 is 5.11 Å². The average molecular weight is 255 g/mol. The Morgan fingerprint density at radius 1 is 1.26 bits per heavy atom. The molecule has 4 rings (SSSR count). The summed E-state index contributed by atoms with van der Waals surface area (Å²) in [5.41, 5.74) is 4.92. The molecule has 19 heavy (non-hydrogen) atoms. The Kier molecular flexibility index (Phi) is 2.47.